The highest BCUT2D eigenvalue weighted by Crippen LogP contribution is 2.33. The second-order valence-electron chi connectivity index (χ2n) is 10.9. The Morgan fingerprint density at radius 2 is 0.579 bits per heavy atom. The number of ketones is 4. The van der Waals surface area contributed by atoms with Crippen molar-refractivity contribution in [1.29, 1.82) is 0 Å². The van der Waals surface area contributed by atoms with E-state index in [9.17, 15) is 57.5 Å². The molecule has 0 aliphatic rings. The van der Waals surface area contributed by atoms with Crippen molar-refractivity contribution in [2.45, 2.75) is 50.1 Å². The summed E-state index contributed by atoms with van der Waals surface area (Å²) in [5, 5.41) is 0. The summed E-state index contributed by atoms with van der Waals surface area (Å²) in [6.07, 6.45) is -5.43. The van der Waals surface area contributed by atoms with Gasteiger partial charge in [0.05, 0.1) is 0 Å². The molecule has 0 saturated carbocycles. The maximum atomic E-state index is 14.2. The van der Waals surface area contributed by atoms with E-state index in [4.69, 9.17) is 18.9 Å². The monoisotopic (exact) mass is 888 g/mol. The number of hydrogen-bond donors (Lipinski definition) is 0. The molecule has 0 bridgehead atoms. The molecule has 0 rings (SSSR count). The minimum Gasteiger partial charge on any atom is -0.464 e. The van der Waals surface area contributed by atoms with Crippen LogP contribution in [0.2, 0.25) is 0 Å². The number of hydrogen-bond acceptors (Lipinski definition) is 24. The van der Waals surface area contributed by atoms with Crippen LogP contribution in [0.25, 0.3) is 0 Å². The van der Waals surface area contributed by atoms with Crippen molar-refractivity contribution in [3.05, 3.63) is 0 Å². The van der Waals surface area contributed by atoms with Gasteiger partial charge in [0.25, 0.3) is 51.8 Å². The molecule has 57 heavy (non-hydrogen) atoms. The molecule has 320 valence electrons. The quantitative estimate of drug-likeness (QED) is 0.0326. The van der Waals surface area contributed by atoms with Gasteiger partial charge in [-0.3, -0.25) is 57.5 Å². The van der Waals surface area contributed by atoms with E-state index in [0.29, 0.717) is 0 Å². The molecule has 0 saturated heterocycles. The van der Waals surface area contributed by atoms with Crippen molar-refractivity contribution in [2.24, 2.45) is 5.41 Å². The number of carbonyl (C=O) groups is 12. The van der Waals surface area contributed by atoms with Crippen LogP contribution in [0.15, 0.2) is 0 Å². The lowest BCUT2D eigenvalue weighted by atomic mass is 9.69. The maximum absolute atomic E-state index is 14.2. The van der Waals surface area contributed by atoms with Gasteiger partial charge >= 0.3 is 0 Å². The molecule has 0 amide bonds. The van der Waals surface area contributed by atoms with Crippen LogP contribution in [0.5, 0.6) is 0 Å². The van der Waals surface area contributed by atoms with Gasteiger partial charge in [0.1, 0.15) is 50.8 Å². The molecule has 0 heterocycles. The molecular weight excluding hydrogens is 845 g/mol. The molecule has 0 spiro atoms. The zero-order chi connectivity index (χ0) is 42.6. The van der Waals surface area contributed by atoms with Gasteiger partial charge in [0, 0.05) is 71.7 Å². The Bertz CT molecular complexity index is 1080. The number of Topliss-reactive ketones (excluding diaryl/α,β-unsaturated/α-hetero) is 4. The SMILES string of the molecule is O=COCC(CSCCC(=O)C(C(=O)CCSCC(COC=O)OC=O)(C(=O)CCSCC(COC=O)OC=O)C(=O)CCSCC(COC=O)OC=O)OC=O. The first-order valence-electron chi connectivity index (χ1n) is 16.7. The van der Waals surface area contributed by atoms with E-state index >= 15 is 0 Å². The molecule has 0 aromatic heterocycles. The Morgan fingerprint density at radius 1 is 0.368 bits per heavy atom. The normalized spacial score (nSPS) is 13.6. The highest BCUT2D eigenvalue weighted by Gasteiger charge is 2.55. The average molecular weight is 889 g/mol. The first-order chi connectivity index (χ1) is 27.7. The molecule has 4 atom stereocenters. The van der Waals surface area contributed by atoms with Gasteiger partial charge < -0.3 is 37.9 Å². The third kappa shape index (κ3) is 22.4. The highest BCUT2D eigenvalue weighted by molar-refractivity contribution is 8.00. The van der Waals surface area contributed by atoms with Gasteiger partial charge in [0.15, 0.2) is 23.1 Å². The van der Waals surface area contributed by atoms with E-state index in [1.165, 1.54) is 0 Å². The van der Waals surface area contributed by atoms with Crippen LogP contribution in [0.3, 0.4) is 0 Å². The zero-order valence-corrected chi connectivity index (χ0v) is 33.8. The van der Waals surface area contributed by atoms with Crippen LogP contribution >= 0.6 is 47.0 Å². The number of ether oxygens (including phenoxy) is 8. The summed E-state index contributed by atoms with van der Waals surface area (Å²) in [6, 6.07) is 0. The fraction of sp³-hybridized carbons (Fsp3) is 0.636. The van der Waals surface area contributed by atoms with Crippen LogP contribution in [-0.4, -0.2) is 172 Å². The van der Waals surface area contributed by atoms with Crippen molar-refractivity contribution in [3.63, 3.8) is 0 Å². The lowest BCUT2D eigenvalue weighted by Crippen LogP contribution is -2.53. The first-order valence-corrected chi connectivity index (χ1v) is 21.3. The molecule has 0 radical (unpaired) electrons. The van der Waals surface area contributed by atoms with Gasteiger partial charge in [0.2, 0.25) is 5.41 Å². The van der Waals surface area contributed by atoms with Crippen molar-refractivity contribution < 1.29 is 95.4 Å². The molecule has 0 aliphatic heterocycles. The summed E-state index contributed by atoms with van der Waals surface area (Å²) in [4.78, 5) is 143. The van der Waals surface area contributed by atoms with Crippen LogP contribution in [0.1, 0.15) is 25.7 Å². The van der Waals surface area contributed by atoms with E-state index < -0.39 is 78.6 Å². The lowest BCUT2D eigenvalue weighted by Gasteiger charge is -2.29. The summed E-state index contributed by atoms with van der Waals surface area (Å²) < 4.78 is 38.0. The van der Waals surface area contributed by atoms with Gasteiger partial charge in [-0.05, 0) is 0 Å². The van der Waals surface area contributed by atoms with Crippen LogP contribution in [-0.2, 0) is 95.4 Å². The van der Waals surface area contributed by atoms with Crippen molar-refractivity contribution in [1.82, 2.24) is 0 Å². The van der Waals surface area contributed by atoms with E-state index in [2.05, 4.69) is 18.9 Å². The van der Waals surface area contributed by atoms with Gasteiger partial charge in [-0.15, -0.1) is 0 Å². The third-order valence-electron chi connectivity index (χ3n) is 7.17. The summed E-state index contributed by atoms with van der Waals surface area (Å²) in [5.41, 5.74) is -2.78. The molecule has 0 aromatic carbocycles. The molecule has 0 aromatic rings. The lowest BCUT2D eigenvalue weighted by molar-refractivity contribution is -0.155. The second-order valence-corrected chi connectivity index (χ2v) is 15.5. The molecule has 0 aliphatic carbocycles. The fourth-order valence-electron chi connectivity index (χ4n) is 4.61. The summed E-state index contributed by atoms with van der Waals surface area (Å²) in [7, 11) is 0. The van der Waals surface area contributed by atoms with E-state index in [-0.39, 0.29) is 124 Å². The molecule has 4 unspecified atom stereocenters. The first kappa shape index (κ1) is 52.8. The molecule has 0 fully saturated rings. The predicted octanol–water partition coefficient (Wildman–Crippen LogP) is -0.399. The Hall–Kier alpha value is -4.16. The van der Waals surface area contributed by atoms with Crippen molar-refractivity contribution in [2.75, 3.05) is 72.5 Å². The third-order valence-corrected chi connectivity index (χ3v) is 11.6. The Labute approximate surface area is 344 Å². The molecule has 20 nitrogen and oxygen atoms in total. The van der Waals surface area contributed by atoms with Gasteiger partial charge in [-0.25, -0.2) is 0 Å². The van der Waals surface area contributed by atoms with E-state index in [1.807, 2.05) is 0 Å². The number of carbonyl (C=O) groups excluding carboxylic acids is 12. The maximum Gasteiger partial charge on any atom is 0.293 e. The zero-order valence-electron chi connectivity index (χ0n) is 30.5. The van der Waals surface area contributed by atoms with Crippen molar-refractivity contribution in [3.8, 4) is 0 Å². The molecule has 0 N–H and O–H groups in total. The topological polar surface area (TPSA) is 279 Å². The smallest absolute Gasteiger partial charge is 0.293 e. The van der Waals surface area contributed by atoms with E-state index in [1.54, 1.807) is 0 Å². The minimum absolute atomic E-state index is 0.0418. The van der Waals surface area contributed by atoms with Gasteiger partial charge in [-0.2, -0.15) is 47.0 Å². The van der Waals surface area contributed by atoms with Crippen molar-refractivity contribution >= 4 is 122 Å². The van der Waals surface area contributed by atoms with Crippen LogP contribution in [0.4, 0.5) is 0 Å². The molecule has 24 heteroatoms. The highest BCUT2D eigenvalue weighted by atomic mass is 32.2. The largest absolute Gasteiger partial charge is 0.464 e. The standard InChI is InChI=1S/C33H44O20S4/c34-17-46-9-25(50-21-38)13-54-5-1-29(42)33(30(43)2-6-55-14-26(51-22-39)10-47-18-35,31(44)3-7-56-15-27(52-23-40)11-48-19-36)32(45)4-8-57-16-28(53-24-41)12-49-20-37/h17-28H,1-16H2. The van der Waals surface area contributed by atoms with Crippen LogP contribution in [0, 0.1) is 5.41 Å². The Balaban J connectivity index is 6.46. The summed E-state index contributed by atoms with van der Waals surface area (Å²) in [6.45, 7) is 0.0627. The second kappa shape index (κ2) is 35.0. The minimum atomic E-state index is -2.78. The summed E-state index contributed by atoms with van der Waals surface area (Å²) in [5.74, 6) is -4.08. The van der Waals surface area contributed by atoms with Crippen LogP contribution < -0.4 is 0 Å². The average Bonchev–Trinajstić information content (AvgIpc) is 3.20. The fourth-order valence-corrected chi connectivity index (χ4v) is 8.35. The predicted molar refractivity (Wildman–Crippen MR) is 202 cm³/mol. The molecular formula is C33H44O20S4. The number of thioether (sulfide) groups is 4. The number of rotatable bonds is 44. The van der Waals surface area contributed by atoms with E-state index in [0.717, 1.165) is 47.0 Å². The Kier molecular flexibility index (Phi) is 32.5. The van der Waals surface area contributed by atoms with Gasteiger partial charge in [-0.1, -0.05) is 0 Å². The Morgan fingerprint density at radius 3 is 0.754 bits per heavy atom. The summed E-state index contributed by atoms with van der Waals surface area (Å²) >= 11 is 4.22.